The topological polar surface area (TPSA) is 139 Å². The minimum absolute atomic E-state index is 0.0939. The SMILES string of the molecule is COc1cc(Nc2nc3ccccc3nc2N(c2cccc(NC(=O)CCc3cccnc3)c2)S(=O)O)cc(OC)c1. The molecule has 1 atom stereocenters. The van der Waals surface area contributed by atoms with Crippen molar-refractivity contribution in [3.05, 3.63) is 96.8 Å². The molecule has 0 saturated heterocycles. The molecule has 2 aromatic heterocycles. The first-order valence-electron chi connectivity index (χ1n) is 12.9. The van der Waals surface area contributed by atoms with Gasteiger partial charge in [0.15, 0.2) is 11.6 Å². The van der Waals surface area contributed by atoms with Gasteiger partial charge >= 0.3 is 0 Å². The number of anilines is 5. The molecule has 12 heteroatoms. The van der Waals surface area contributed by atoms with Gasteiger partial charge in [-0.2, -0.15) is 0 Å². The number of para-hydroxylation sites is 2. The van der Waals surface area contributed by atoms with Crippen LogP contribution >= 0.6 is 0 Å². The summed E-state index contributed by atoms with van der Waals surface area (Å²) in [5, 5.41) is 6.06. The highest BCUT2D eigenvalue weighted by atomic mass is 32.2. The summed E-state index contributed by atoms with van der Waals surface area (Å²) in [6.45, 7) is 0. The number of carbonyl (C=O) groups excluding carboxylic acids is 1. The molecule has 1 amide bonds. The number of aromatic nitrogens is 3. The summed E-state index contributed by atoms with van der Waals surface area (Å²) in [4.78, 5) is 26.2. The van der Waals surface area contributed by atoms with Crippen molar-refractivity contribution in [2.45, 2.75) is 12.8 Å². The molecule has 1 unspecified atom stereocenters. The lowest BCUT2D eigenvalue weighted by Gasteiger charge is -2.23. The Balaban J connectivity index is 1.49. The van der Waals surface area contributed by atoms with Gasteiger partial charge < -0.3 is 20.1 Å². The van der Waals surface area contributed by atoms with Crippen molar-refractivity contribution >= 4 is 56.9 Å². The van der Waals surface area contributed by atoms with Crippen molar-refractivity contribution in [3.63, 3.8) is 0 Å². The molecule has 0 fully saturated rings. The van der Waals surface area contributed by atoms with E-state index in [9.17, 15) is 13.6 Å². The minimum atomic E-state index is -2.56. The average molecular weight is 585 g/mol. The summed E-state index contributed by atoms with van der Waals surface area (Å²) in [6.07, 6.45) is 4.18. The van der Waals surface area contributed by atoms with Crippen LogP contribution in [0.25, 0.3) is 11.0 Å². The summed E-state index contributed by atoms with van der Waals surface area (Å²) < 4.78 is 35.2. The van der Waals surface area contributed by atoms with E-state index in [4.69, 9.17) is 19.4 Å². The summed E-state index contributed by atoms with van der Waals surface area (Å²) >= 11 is -2.56. The molecule has 0 aliphatic heterocycles. The van der Waals surface area contributed by atoms with Gasteiger partial charge in [0, 0.05) is 48.4 Å². The van der Waals surface area contributed by atoms with Crippen LogP contribution in [0.1, 0.15) is 12.0 Å². The standard InChI is InChI=1S/C30H28N6O5S/c1-40-24-16-22(17-25(18-24)41-2)33-29-30(35-27-11-4-3-10-26(27)34-29)36(42(38)39)23-9-5-8-21(15-23)32-28(37)13-12-20-7-6-14-31-19-20/h3-11,14-19H,12-13H2,1-2H3,(H,32,37)(H,33,34)(H,38,39). The van der Waals surface area contributed by atoms with Crippen LogP contribution in [0.2, 0.25) is 0 Å². The lowest BCUT2D eigenvalue weighted by molar-refractivity contribution is -0.116. The molecule has 11 nitrogen and oxygen atoms in total. The Morgan fingerprint density at radius 1 is 0.905 bits per heavy atom. The molecule has 3 N–H and O–H groups in total. The van der Waals surface area contributed by atoms with E-state index < -0.39 is 11.3 Å². The maximum Gasteiger partial charge on any atom is 0.268 e. The molecule has 0 aliphatic rings. The van der Waals surface area contributed by atoms with Gasteiger partial charge in [-0.05, 0) is 48.4 Å². The lowest BCUT2D eigenvalue weighted by Crippen LogP contribution is -2.22. The van der Waals surface area contributed by atoms with Gasteiger partial charge in [0.1, 0.15) is 11.5 Å². The van der Waals surface area contributed by atoms with E-state index in [-0.39, 0.29) is 24.0 Å². The number of pyridine rings is 1. The van der Waals surface area contributed by atoms with Gasteiger partial charge in [-0.3, -0.25) is 14.3 Å². The zero-order chi connectivity index (χ0) is 29.5. The fraction of sp³-hybridized carbons (Fsp3) is 0.133. The zero-order valence-electron chi connectivity index (χ0n) is 22.9. The second kappa shape index (κ2) is 13.1. The van der Waals surface area contributed by atoms with Crippen molar-refractivity contribution in [1.82, 2.24) is 15.0 Å². The summed E-state index contributed by atoms with van der Waals surface area (Å²) in [5.74, 6) is 1.20. The fourth-order valence-corrected chi connectivity index (χ4v) is 4.83. The Hall–Kier alpha value is -5.07. The van der Waals surface area contributed by atoms with Crippen LogP contribution in [0, 0.1) is 0 Å². The molecular weight excluding hydrogens is 556 g/mol. The molecule has 0 aliphatic carbocycles. The Morgan fingerprint density at radius 2 is 1.64 bits per heavy atom. The predicted octanol–water partition coefficient (Wildman–Crippen LogP) is 5.63. The average Bonchev–Trinajstić information content (AvgIpc) is 3.00. The van der Waals surface area contributed by atoms with Gasteiger partial charge in [0.25, 0.3) is 11.3 Å². The zero-order valence-corrected chi connectivity index (χ0v) is 23.7. The number of hydrogen-bond donors (Lipinski definition) is 3. The summed E-state index contributed by atoms with van der Waals surface area (Å²) in [6, 6.07) is 22.8. The number of rotatable bonds is 11. The number of nitrogens with zero attached hydrogens (tertiary/aromatic N) is 4. The van der Waals surface area contributed by atoms with Crippen LogP contribution in [0.5, 0.6) is 11.5 Å². The maximum atomic E-state index is 12.8. The van der Waals surface area contributed by atoms with E-state index >= 15 is 0 Å². The van der Waals surface area contributed by atoms with Crippen molar-refractivity contribution < 1.29 is 23.0 Å². The van der Waals surface area contributed by atoms with E-state index in [1.807, 2.05) is 24.3 Å². The van der Waals surface area contributed by atoms with E-state index in [2.05, 4.69) is 15.6 Å². The molecule has 0 radical (unpaired) electrons. The summed E-state index contributed by atoms with van der Waals surface area (Å²) in [5.41, 5.74) is 3.40. The number of amides is 1. The molecule has 42 heavy (non-hydrogen) atoms. The number of fused-ring (bicyclic) bond motifs is 1. The molecule has 0 bridgehead atoms. The first kappa shape index (κ1) is 28.5. The van der Waals surface area contributed by atoms with Gasteiger partial charge in [-0.25, -0.2) is 18.5 Å². The van der Waals surface area contributed by atoms with Crippen LogP contribution in [0.15, 0.2) is 91.3 Å². The molecule has 214 valence electrons. The van der Waals surface area contributed by atoms with Crippen LogP contribution in [0.3, 0.4) is 0 Å². The number of ether oxygens (including phenoxy) is 2. The van der Waals surface area contributed by atoms with Crippen LogP contribution in [-0.4, -0.2) is 43.8 Å². The normalized spacial score (nSPS) is 11.5. The van der Waals surface area contributed by atoms with Crippen molar-refractivity contribution in [3.8, 4) is 11.5 Å². The Kier molecular flexibility index (Phi) is 8.85. The number of nitrogens with one attached hydrogen (secondary N) is 2. The number of carbonyl (C=O) groups is 1. The molecular formula is C30H28N6O5S. The summed E-state index contributed by atoms with van der Waals surface area (Å²) in [7, 11) is 3.09. The third-order valence-corrected chi connectivity index (χ3v) is 6.94. The van der Waals surface area contributed by atoms with Crippen LogP contribution < -0.4 is 24.4 Å². The second-order valence-corrected chi connectivity index (χ2v) is 9.92. The highest BCUT2D eigenvalue weighted by molar-refractivity contribution is 7.81. The fourth-order valence-electron chi connectivity index (χ4n) is 4.26. The number of aryl methyl sites for hydroxylation is 1. The van der Waals surface area contributed by atoms with E-state index in [0.717, 1.165) is 9.87 Å². The third-order valence-electron chi connectivity index (χ3n) is 6.24. The molecule has 5 aromatic rings. The molecule has 5 rings (SSSR count). The molecule has 0 spiro atoms. The first-order chi connectivity index (χ1) is 20.4. The third kappa shape index (κ3) is 6.79. The Bertz CT molecular complexity index is 1710. The molecule has 0 saturated carbocycles. The first-order valence-corrected chi connectivity index (χ1v) is 14.0. The highest BCUT2D eigenvalue weighted by Gasteiger charge is 2.23. The quantitative estimate of drug-likeness (QED) is 0.169. The van der Waals surface area contributed by atoms with E-state index in [0.29, 0.717) is 46.0 Å². The number of benzene rings is 3. The smallest absolute Gasteiger partial charge is 0.268 e. The van der Waals surface area contributed by atoms with Gasteiger partial charge in [0.2, 0.25) is 5.91 Å². The number of methoxy groups -OCH3 is 2. The molecule has 2 heterocycles. The van der Waals surface area contributed by atoms with Crippen molar-refractivity contribution in [1.29, 1.82) is 0 Å². The van der Waals surface area contributed by atoms with Gasteiger partial charge in [-0.15, -0.1) is 0 Å². The Morgan fingerprint density at radius 3 is 2.31 bits per heavy atom. The van der Waals surface area contributed by atoms with Crippen molar-refractivity contribution in [2.24, 2.45) is 0 Å². The maximum absolute atomic E-state index is 12.8. The number of hydrogen-bond acceptors (Lipinski definition) is 8. The predicted molar refractivity (Wildman–Crippen MR) is 163 cm³/mol. The van der Waals surface area contributed by atoms with Crippen molar-refractivity contribution in [2.75, 3.05) is 29.2 Å². The van der Waals surface area contributed by atoms with E-state index in [1.54, 1.807) is 81.2 Å². The van der Waals surface area contributed by atoms with Gasteiger partial charge in [-0.1, -0.05) is 24.3 Å². The minimum Gasteiger partial charge on any atom is -0.497 e. The lowest BCUT2D eigenvalue weighted by atomic mass is 10.1. The van der Waals surface area contributed by atoms with Gasteiger partial charge in [0.05, 0.1) is 30.9 Å². The van der Waals surface area contributed by atoms with E-state index in [1.165, 1.54) is 0 Å². The molecule has 3 aromatic carbocycles. The monoisotopic (exact) mass is 584 g/mol. The van der Waals surface area contributed by atoms with Crippen LogP contribution in [-0.2, 0) is 22.5 Å². The highest BCUT2D eigenvalue weighted by Crippen LogP contribution is 2.36. The Labute approximate surface area is 245 Å². The van der Waals surface area contributed by atoms with Crippen LogP contribution in [0.4, 0.5) is 28.7 Å². The second-order valence-electron chi connectivity index (χ2n) is 9.10. The largest absolute Gasteiger partial charge is 0.497 e.